The standard InChI is InChI=1S/C20H31NO5/c1-6-26-20(11-14(2)3,12-15(4)5)19(24)21-16-7-9-17(10-8-16)25-13-18(22)23/h7-10,14-15H,6,11-13H2,1-5H3,(H,21,24)(H,22,23). The lowest BCUT2D eigenvalue weighted by atomic mass is 9.83. The van der Waals surface area contributed by atoms with Gasteiger partial charge in [-0.15, -0.1) is 0 Å². The molecule has 2 N–H and O–H groups in total. The van der Waals surface area contributed by atoms with Crippen molar-refractivity contribution in [2.24, 2.45) is 11.8 Å². The summed E-state index contributed by atoms with van der Waals surface area (Å²) in [5.41, 5.74) is -0.246. The van der Waals surface area contributed by atoms with Crippen molar-refractivity contribution in [2.45, 2.75) is 53.1 Å². The number of hydrogen-bond acceptors (Lipinski definition) is 4. The van der Waals surface area contributed by atoms with E-state index in [1.165, 1.54) is 0 Å². The van der Waals surface area contributed by atoms with E-state index in [1.54, 1.807) is 24.3 Å². The highest BCUT2D eigenvalue weighted by atomic mass is 16.5. The Balaban J connectivity index is 2.92. The molecular formula is C20H31NO5. The number of aliphatic carboxylic acids is 1. The van der Waals surface area contributed by atoms with Gasteiger partial charge in [-0.25, -0.2) is 4.79 Å². The molecule has 0 saturated heterocycles. The molecule has 0 aromatic heterocycles. The van der Waals surface area contributed by atoms with E-state index >= 15 is 0 Å². The molecule has 6 nitrogen and oxygen atoms in total. The van der Waals surface area contributed by atoms with Gasteiger partial charge in [0.1, 0.15) is 11.4 Å². The molecule has 26 heavy (non-hydrogen) atoms. The number of carboxylic acids is 1. The molecule has 6 heteroatoms. The quantitative estimate of drug-likeness (QED) is 0.620. The zero-order valence-corrected chi connectivity index (χ0v) is 16.4. The third-order valence-corrected chi connectivity index (χ3v) is 3.78. The van der Waals surface area contributed by atoms with E-state index in [0.717, 1.165) is 0 Å². The van der Waals surface area contributed by atoms with Crippen molar-refractivity contribution < 1.29 is 24.2 Å². The van der Waals surface area contributed by atoms with Gasteiger partial charge >= 0.3 is 5.97 Å². The first-order chi connectivity index (χ1) is 12.2. The Bertz CT molecular complexity index is 570. The molecule has 0 bridgehead atoms. The van der Waals surface area contributed by atoms with E-state index in [0.29, 0.717) is 42.7 Å². The molecule has 0 aliphatic heterocycles. The fraction of sp³-hybridized carbons (Fsp3) is 0.600. The summed E-state index contributed by atoms with van der Waals surface area (Å²) < 4.78 is 11.1. The fourth-order valence-corrected chi connectivity index (χ4v) is 3.07. The number of amides is 1. The van der Waals surface area contributed by atoms with Gasteiger partial charge in [-0.05, 0) is 55.9 Å². The number of anilines is 1. The number of carbonyl (C=O) groups is 2. The SMILES string of the molecule is CCOC(CC(C)C)(CC(C)C)C(=O)Nc1ccc(OCC(=O)O)cc1. The smallest absolute Gasteiger partial charge is 0.341 e. The molecule has 0 heterocycles. The van der Waals surface area contributed by atoms with Gasteiger partial charge in [0.2, 0.25) is 0 Å². The highest BCUT2D eigenvalue weighted by Gasteiger charge is 2.40. The minimum Gasteiger partial charge on any atom is -0.482 e. The van der Waals surface area contributed by atoms with Crippen LogP contribution in [0.15, 0.2) is 24.3 Å². The van der Waals surface area contributed by atoms with Crippen molar-refractivity contribution >= 4 is 17.6 Å². The van der Waals surface area contributed by atoms with Gasteiger partial charge in [0.05, 0.1) is 0 Å². The summed E-state index contributed by atoms with van der Waals surface area (Å²) in [7, 11) is 0. The molecule has 0 aliphatic carbocycles. The average Bonchev–Trinajstić information content (AvgIpc) is 2.53. The normalized spacial score (nSPS) is 11.7. The van der Waals surface area contributed by atoms with Crippen LogP contribution in [-0.2, 0) is 14.3 Å². The van der Waals surface area contributed by atoms with Crippen molar-refractivity contribution in [2.75, 3.05) is 18.5 Å². The molecular weight excluding hydrogens is 334 g/mol. The molecule has 0 radical (unpaired) electrons. The van der Waals surface area contributed by atoms with Crippen LogP contribution in [0.3, 0.4) is 0 Å². The van der Waals surface area contributed by atoms with Crippen LogP contribution in [-0.4, -0.2) is 35.8 Å². The van der Waals surface area contributed by atoms with Crippen LogP contribution < -0.4 is 10.1 Å². The highest BCUT2D eigenvalue weighted by molar-refractivity contribution is 5.97. The van der Waals surface area contributed by atoms with Crippen LogP contribution >= 0.6 is 0 Å². The maximum absolute atomic E-state index is 13.1. The van der Waals surface area contributed by atoms with Crippen molar-refractivity contribution in [1.82, 2.24) is 0 Å². The minimum absolute atomic E-state index is 0.152. The molecule has 0 spiro atoms. The van der Waals surface area contributed by atoms with Crippen LogP contribution in [0.1, 0.15) is 47.5 Å². The Morgan fingerprint density at radius 3 is 2.04 bits per heavy atom. The number of carbonyl (C=O) groups excluding carboxylic acids is 1. The van der Waals surface area contributed by atoms with Gasteiger partial charge in [0, 0.05) is 12.3 Å². The highest BCUT2D eigenvalue weighted by Crippen LogP contribution is 2.31. The zero-order valence-electron chi connectivity index (χ0n) is 16.4. The van der Waals surface area contributed by atoms with E-state index < -0.39 is 18.2 Å². The monoisotopic (exact) mass is 365 g/mol. The molecule has 0 saturated carbocycles. The van der Waals surface area contributed by atoms with Gasteiger partial charge in [0.25, 0.3) is 5.91 Å². The number of nitrogens with one attached hydrogen (secondary N) is 1. The van der Waals surface area contributed by atoms with Gasteiger partial charge in [-0.1, -0.05) is 27.7 Å². The molecule has 1 amide bonds. The van der Waals surface area contributed by atoms with Crippen LogP contribution in [0, 0.1) is 11.8 Å². The topological polar surface area (TPSA) is 84.9 Å². The lowest BCUT2D eigenvalue weighted by Gasteiger charge is -2.35. The van der Waals surface area contributed by atoms with Crippen LogP contribution in [0.25, 0.3) is 0 Å². The van der Waals surface area contributed by atoms with E-state index in [1.807, 2.05) is 6.92 Å². The average molecular weight is 365 g/mol. The fourth-order valence-electron chi connectivity index (χ4n) is 3.07. The minimum atomic E-state index is -1.04. The zero-order chi connectivity index (χ0) is 19.7. The summed E-state index contributed by atoms with van der Waals surface area (Å²) in [5, 5.41) is 11.6. The third kappa shape index (κ3) is 7.04. The maximum Gasteiger partial charge on any atom is 0.341 e. The van der Waals surface area contributed by atoms with Gasteiger partial charge < -0.3 is 19.9 Å². The summed E-state index contributed by atoms with van der Waals surface area (Å²) in [6, 6.07) is 6.64. The van der Waals surface area contributed by atoms with Gasteiger partial charge in [0.15, 0.2) is 6.61 Å². The first kappa shape index (κ1) is 22.0. The number of benzene rings is 1. The summed E-state index contributed by atoms with van der Waals surface area (Å²) in [6.45, 7) is 10.3. The Morgan fingerprint density at radius 1 is 1.08 bits per heavy atom. The second kappa shape index (κ2) is 10.2. The maximum atomic E-state index is 13.1. The number of ether oxygens (including phenoxy) is 2. The van der Waals surface area contributed by atoms with Crippen molar-refractivity contribution in [3.05, 3.63) is 24.3 Å². The Labute approximate surface area is 155 Å². The Kier molecular flexibility index (Phi) is 8.58. The molecule has 0 atom stereocenters. The van der Waals surface area contributed by atoms with Crippen LogP contribution in [0.5, 0.6) is 5.75 Å². The molecule has 0 aliphatic rings. The van der Waals surface area contributed by atoms with Crippen LogP contribution in [0.4, 0.5) is 5.69 Å². The molecule has 0 unspecified atom stereocenters. The molecule has 1 aromatic carbocycles. The third-order valence-electron chi connectivity index (χ3n) is 3.78. The van der Waals surface area contributed by atoms with E-state index in [2.05, 4.69) is 33.0 Å². The summed E-state index contributed by atoms with van der Waals surface area (Å²) in [5.74, 6) is -0.117. The second-order valence-corrected chi connectivity index (χ2v) is 7.28. The lowest BCUT2D eigenvalue weighted by molar-refractivity contribution is -0.146. The summed E-state index contributed by atoms with van der Waals surface area (Å²) in [4.78, 5) is 23.6. The van der Waals surface area contributed by atoms with E-state index in [9.17, 15) is 9.59 Å². The summed E-state index contributed by atoms with van der Waals surface area (Å²) in [6.07, 6.45) is 1.29. The molecule has 0 fully saturated rings. The Hall–Kier alpha value is -2.08. The predicted octanol–water partition coefficient (Wildman–Crippen LogP) is 3.96. The predicted molar refractivity (Wildman–Crippen MR) is 101 cm³/mol. The number of carboxylic acid groups (broad SMARTS) is 1. The van der Waals surface area contributed by atoms with Crippen molar-refractivity contribution in [3.63, 3.8) is 0 Å². The lowest BCUT2D eigenvalue weighted by Crippen LogP contribution is -2.47. The van der Waals surface area contributed by atoms with Gasteiger partial charge in [-0.3, -0.25) is 4.79 Å². The number of hydrogen-bond donors (Lipinski definition) is 2. The molecule has 1 rings (SSSR count). The number of rotatable bonds is 11. The van der Waals surface area contributed by atoms with Crippen molar-refractivity contribution in [3.8, 4) is 5.75 Å². The first-order valence-corrected chi connectivity index (χ1v) is 9.08. The van der Waals surface area contributed by atoms with Crippen molar-refractivity contribution in [1.29, 1.82) is 0 Å². The largest absolute Gasteiger partial charge is 0.482 e. The molecule has 1 aromatic rings. The first-order valence-electron chi connectivity index (χ1n) is 9.08. The van der Waals surface area contributed by atoms with E-state index in [4.69, 9.17) is 14.6 Å². The van der Waals surface area contributed by atoms with E-state index in [-0.39, 0.29) is 5.91 Å². The second-order valence-electron chi connectivity index (χ2n) is 7.28. The van der Waals surface area contributed by atoms with Gasteiger partial charge in [-0.2, -0.15) is 0 Å². The van der Waals surface area contributed by atoms with Crippen LogP contribution in [0.2, 0.25) is 0 Å². The Morgan fingerprint density at radius 2 is 1.62 bits per heavy atom. The molecule has 146 valence electrons. The summed E-state index contributed by atoms with van der Waals surface area (Å²) >= 11 is 0.